The Kier molecular flexibility index (Phi) is 10.5. The molecule has 0 amide bonds. The molecule has 12 rings (SSSR count). The summed E-state index contributed by atoms with van der Waals surface area (Å²) in [4.78, 5) is 7.15. The molecule has 0 unspecified atom stereocenters. The van der Waals surface area contributed by atoms with Crippen molar-refractivity contribution in [3.63, 3.8) is 0 Å². The van der Waals surface area contributed by atoms with Gasteiger partial charge in [-0.05, 0) is 126 Å². The van der Waals surface area contributed by atoms with Crippen LogP contribution in [-0.2, 0) is 0 Å². The lowest BCUT2D eigenvalue weighted by atomic mass is 10.0. The van der Waals surface area contributed by atoms with Crippen molar-refractivity contribution < 1.29 is 0 Å². The SMILES string of the molecule is c1ccc(-c2ccccc2N(c2ccccc2)c2cccc(N(c3cccc(N(c4ccccc4)c4ccc5ccccc5c4)c3)c3ccc4c5ccccc5n(-c5ccccc5)c4c3)c2)cc1. The van der Waals surface area contributed by atoms with Crippen LogP contribution < -0.4 is 14.7 Å². The largest absolute Gasteiger partial charge is 0.310 e. The molecule has 1 aromatic heterocycles. The fraction of sp³-hybridized carbons (Fsp3) is 0. The summed E-state index contributed by atoms with van der Waals surface area (Å²) in [6.45, 7) is 0. The quantitative estimate of drug-likeness (QED) is 0.129. The maximum absolute atomic E-state index is 2.41. The summed E-state index contributed by atoms with van der Waals surface area (Å²) in [5, 5.41) is 4.83. The number of rotatable bonds is 11. The first-order valence-electron chi connectivity index (χ1n) is 23.2. The summed E-state index contributed by atoms with van der Waals surface area (Å²) < 4.78 is 2.40. The molecule has 0 aliphatic rings. The Labute approximate surface area is 397 Å². The number of aromatic nitrogens is 1. The van der Waals surface area contributed by atoms with Gasteiger partial charge in [0, 0.05) is 67.5 Å². The van der Waals surface area contributed by atoms with Gasteiger partial charge in [0.05, 0.1) is 16.7 Å². The van der Waals surface area contributed by atoms with Gasteiger partial charge in [-0.3, -0.25) is 0 Å². The molecule has 0 saturated heterocycles. The number of benzene rings is 11. The van der Waals surface area contributed by atoms with Gasteiger partial charge in [0.25, 0.3) is 0 Å². The van der Waals surface area contributed by atoms with E-state index in [2.05, 4.69) is 298 Å². The average Bonchev–Trinajstić information content (AvgIpc) is 3.74. The number of hydrogen-bond acceptors (Lipinski definition) is 3. The average molecular weight is 871 g/mol. The van der Waals surface area contributed by atoms with Gasteiger partial charge >= 0.3 is 0 Å². The second kappa shape index (κ2) is 17.7. The number of para-hydroxylation sites is 5. The molecule has 4 heteroatoms. The summed E-state index contributed by atoms with van der Waals surface area (Å²) in [6.07, 6.45) is 0. The first-order chi connectivity index (χ1) is 33.7. The molecule has 0 N–H and O–H groups in total. The lowest BCUT2D eigenvalue weighted by Crippen LogP contribution is -2.15. The van der Waals surface area contributed by atoms with E-state index in [0.717, 1.165) is 73.5 Å². The predicted molar refractivity (Wildman–Crippen MR) is 288 cm³/mol. The van der Waals surface area contributed by atoms with E-state index in [1.807, 2.05) is 0 Å². The summed E-state index contributed by atoms with van der Waals surface area (Å²) in [6, 6.07) is 100. The smallest absolute Gasteiger partial charge is 0.0561 e. The van der Waals surface area contributed by atoms with Crippen LogP contribution in [0.15, 0.2) is 279 Å². The molecular formula is C64H46N4. The van der Waals surface area contributed by atoms with Crippen molar-refractivity contribution in [3.05, 3.63) is 279 Å². The van der Waals surface area contributed by atoms with Gasteiger partial charge in [0.15, 0.2) is 0 Å². The number of anilines is 9. The van der Waals surface area contributed by atoms with Crippen molar-refractivity contribution in [3.8, 4) is 16.8 Å². The van der Waals surface area contributed by atoms with E-state index in [1.165, 1.54) is 27.1 Å². The molecule has 0 saturated carbocycles. The van der Waals surface area contributed by atoms with Gasteiger partial charge in [-0.15, -0.1) is 0 Å². The third-order valence-electron chi connectivity index (χ3n) is 12.9. The van der Waals surface area contributed by atoms with Crippen molar-refractivity contribution in [1.82, 2.24) is 4.57 Å². The van der Waals surface area contributed by atoms with Gasteiger partial charge in [-0.1, -0.05) is 170 Å². The Morgan fingerprint density at radius 2 is 0.706 bits per heavy atom. The normalized spacial score (nSPS) is 11.2. The first kappa shape index (κ1) is 40.4. The molecule has 0 aliphatic heterocycles. The molecule has 1 heterocycles. The van der Waals surface area contributed by atoms with Crippen LogP contribution in [0.5, 0.6) is 0 Å². The molecule has 0 bridgehead atoms. The fourth-order valence-corrected chi connectivity index (χ4v) is 9.82. The molecule has 0 aliphatic carbocycles. The molecule has 0 radical (unpaired) electrons. The maximum Gasteiger partial charge on any atom is 0.0561 e. The lowest BCUT2D eigenvalue weighted by molar-refractivity contribution is 1.18. The number of fused-ring (bicyclic) bond motifs is 4. The summed E-state index contributed by atoms with van der Waals surface area (Å²) >= 11 is 0. The van der Waals surface area contributed by atoms with E-state index >= 15 is 0 Å². The van der Waals surface area contributed by atoms with Gasteiger partial charge in [0.1, 0.15) is 0 Å². The van der Waals surface area contributed by atoms with Crippen LogP contribution in [0, 0.1) is 0 Å². The molecule has 0 fully saturated rings. The Balaban J connectivity index is 1.08. The van der Waals surface area contributed by atoms with E-state index in [1.54, 1.807) is 0 Å². The van der Waals surface area contributed by atoms with Crippen molar-refractivity contribution >= 4 is 83.8 Å². The topological polar surface area (TPSA) is 14.7 Å². The minimum Gasteiger partial charge on any atom is -0.310 e. The van der Waals surface area contributed by atoms with Crippen LogP contribution >= 0.6 is 0 Å². The van der Waals surface area contributed by atoms with Crippen LogP contribution in [0.4, 0.5) is 51.2 Å². The van der Waals surface area contributed by atoms with E-state index in [-0.39, 0.29) is 0 Å². The molecule has 0 spiro atoms. The highest BCUT2D eigenvalue weighted by molar-refractivity contribution is 6.10. The predicted octanol–water partition coefficient (Wildman–Crippen LogP) is 18.0. The Bertz CT molecular complexity index is 3700. The molecule has 0 atom stereocenters. The van der Waals surface area contributed by atoms with Crippen molar-refractivity contribution in [2.75, 3.05) is 14.7 Å². The summed E-state index contributed by atoms with van der Waals surface area (Å²) in [5.74, 6) is 0. The Morgan fingerprint density at radius 3 is 1.40 bits per heavy atom. The maximum atomic E-state index is 2.41. The molecule has 68 heavy (non-hydrogen) atoms. The molecular weight excluding hydrogens is 825 g/mol. The van der Waals surface area contributed by atoms with Gasteiger partial charge < -0.3 is 19.3 Å². The van der Waals surface area contributed by atoms with E-state index in [0.29, 0.717) is 0 Å². The van der Waals surface area contributed by atoms with Crippen LogP contribution in [0.2, 0.25) is 0 Å². The lowest BCUT2D eigenvalue weighted by Gasteiger charge is -2.31. The fourth-order valence-electron chi connectivity index (χ4n) is 9.82. The van der Waals surface area contributed by atoms with Crippen molar-refractivity contribution in [2.24, 2.45) is 0 Å². The summed E-state index contributed by atoms with van der Waals surface area (Å²) in [5.41, 5.74) is 15.3. The van der Waals surface area contributed by atoms with Gasteiger partial charge in [0.2, 0.25) is 0 Å². The molecule has 12 aromatic rings. The number of hydrogen-bond donors (Lipinski definition) is 0. The van der Waals surface area contributed by atoms with Gasteiger partial charge in [-0.2, -0.15) is 0 Å². The monoisotopic (exact) mass is 870 g/mol. The highest BCUT2D eigenvalue weighted by Crippen LogP contribution is 2.46. The second-order valence-electron chi connectivity index (χ2n) is 17.0. The minimum atomic E-state index is 1.02. The molecule has 322 valence electrons. The second-order valence-corrected chi connectivity index (χ2v) is 17.0. The van der Waals surface area contributed by atoms with Crippen molar-refractivity contribution in [1.29, 1.82) is 0 Å². The van der Waals surface area contributed by atoms with Crippen LogP contribution in [-0.4, -0.2) is 4.57 Å². The zero-order valence-corrected chi connectivity index (χ0v) is 37.3. The van der Waals surface area contributed by atoms with E-state index in [4.69, 9.17) is 0 Å². The minimum absolute atomic E-state index is 1.02. The van der Waals surface area contributed by atoms with Crippen LogP contribution in [0.1, 0.15) is 0 Å². The van der Waals surface area contributed by atoms with Crippen molar-refractivity contribution in [2.45, 2.75) is 0 Å². The highest BCUT2D eigenvalue weighted by atomic mass is 15.2. The third-order valence-corrected chi connectivity index (χ3v) is 12.9. The Morgan fingerprint density at radius 1 is 0.250 bits per heavy atom. The van der Waals surface area contributed by atoms with Gasteiger partial charge in [-0.25, -0.2) is 0 Å². The molecule has 4 nitrogen and oxygen atoms in total. The summed E-state index contributed by atoms with van der Waals surface area (Å²) in [7, 11) is 0. The number of nitrogens with zero attached hydrogens (tertiary/aromatic N) is 4. The van der Waals surface area contributed by atoms with E-state index in [9.17, 15) is 0 Å². The zero-order chi connectivity index (χ0) is 45.2. The van der Waals surface area contributed by atoms with Crippen LogP contribution in [0.3, 0.4) is 0 Å². The Hall–Kier alpha value is -9.12. The van der Waals surface area contributed by atoms with E-state index < -0.39 is 0 Å². The molecule has 11 aromatic carbocycles. The first-order valence-corrected chi connectivity index (χ1v) is 23.2. The highest BCUT2D eigenvalue weighted by Gasteiger charge is 2.23. The van der Waals surface area contributed by atoms with Crippen LogP contribution in [0.25, 0.3) is 49.4 Å². The standard InChI is InChI=1S/C64H46N4/c1-5-22-48(23-6-1)59-35-15-17-37-62(59)67(51-27-9-3-10-28-51)56-34-20-33-55(45-56)66(58-41-42-61-60-36-16-18-38-63(60)68(64(61)46-58)52-29-11-4-12-30-52)54-32-19-31-53(44-54)65(50-25-7-2-8-26-50)57-40-39-47-21-13-14-24-49(47)43-57/h1-46H. The zero-order valence-electron chi connectivity index (χ0n) is 37.3. The third kappa shape index (κ3) is 7.50.